The number of benzene rings is 1. The van der Waals surface area contributed by atoms with Gasteiger partial charge in [-0.1, -0.05) is 6.42 Å². The fourth-order valence-corrected chi connectivity index (χ4v) is 4.16. The van der Waals surface area contributed by atoms with E-state index in [4.69, 9.17) is 9.15 Å². The van der Waals surface area contributed by atoms with Gasteiger partial charge in [-0.25, -0.2) is 9.59 Å². The molecule has 0 fully saturated rings. The highest BCUT2D eigenvalue weighted by atomic mass is 32.1. The molecule has 3 aromatic rings. The second kappa shape index (κ2) is 6.24. The van der Waals surface area contributed by atoms with E-state index in [0.29, 0.717) is 16.2 Å². The highest BCUT2D eigenvalue weighted by Crippen LogP contribution is 2.30. The SMILES string of the molecule is O=C(Oc1ccc2ccc(=O)oc2c1)c1cc2c(s1)CCCCC2. The van der Waals surface area contributed by atoms with Crippen LogP contribution in [0, 0.1) is 0 Å². The molecule has 0 saturated carbocycles. The van der Waals surface area contributed by atoms with Gasteiger partial charge in [-0.3, -0.25) is 0 Å². The lowest BCUT2D eigenvalue weighted by Crippen LogP contribution is -2.06. The number of thiophene rings is 1. The number of aryl methyl sites for hydroxylation is 2. The summed E-state index contributed by atoms with van der Waals surface area (Å²) in [7, 11) is 0. The molecule has 4 rings (SSSR count). The monoisotopic (exact) mass is 340 g/mol. The Hall–Kier alpha value is -2.40. The lowest BCUT2D eigenvalue weighted by molar-refractivity contribution is 0.0740. The van der Waals surface area contributed by atoms with Crippen LogP contribution in [-0.4, -0.2) is 5.97 Å². The van der Waals surface area contributed by atoms with Crippen LogP contribution in [0.5, 0.6) is 5.75 Å². The summed E-state index contributed by atoms with van der Waals surface area (Å²) in [5, 5.41) is 0.789. The molecule has 0 amide bonds. The number of rotatable bonds is 2. The van der Waals surface area contributed by atoms with E-state index < -0.39 is 5.63 Å². The van der Waals surface area contributed by atoms with Crippen molar-refractivity contribution in [2.45, 2.75) is 32.1 Å². The third-order valence-electron chi connectivity index (χ3n) is 4.25. The third-order valence-corrected chi connectivity index (χ3v) is 5.47. The molecule has 0 unspecified atom stereocenters. The smallest absolute Gasteiger partial charge is 0.353 e. The lowest BCUT2D eigenvalue weighted by Gasteiger charge is -2.03. The van der Waals surface area contributed by atoms with Crippen LogP contribution >= 0.6 is 11.3 Å². The fraction of sp³-hybridized carbons (Fsp3) is 0.263. The molecule has 1 aliphatic rings. The molecule has 0 N–H and O–H groups in total. The topological polar surface area (TPSA) is 56.5 Å². The molecule has 5 heteroatoms. The van der Waals surface area contributed by atoms with E-state index in [2.05, 4.69) is 0 Å². The summed E-state index contributed by atoms with van der Waals surface area (Å²) >= 11 is 1.53. The van der Waals surface area contributed by atoms with Gasteiger partial charge in [-0.2, -0.15) is 0 Å². The van der Waals surface area contributed by atoms with Crippen LogP contribution in [0.15, 0.2) is 45.6 Å². The number of fused-ring (bicyclic) bond motifs is 2. The summed E-state index contributed by atoms with van der Waals surface area (Å²) in [5.41, 5.74) is 1.27. The molecule has 0 bridgehead atoms. The minimum atomic E-state index is -0.423. The second-order valence-corrected chi connectivity index (χ2v) is 7.10. The average Bonchev–Trinajstić information content (AvgIpc) is 2.85. The minimum Gasteiger partial charge on any atom is -0.423 e. The van der Waals surface area contributed by atoms with Gasteiger partial charge in [0.1, 0.15) is 16.2 Å². The molecular formula is C19H16O4S. The zero-order valence-electron chi connectivity index (χ0n) is 13.0. The maximum absolute atomic E-state index is 12.4. The first kappa shape index (κ1) is 15.1. The van der Waals surface area contributed by atoms with E-state index in [1.165, 1.54) is 47.1 Å². The zero-order valence-corrected chi connectivity index (χ0v) is 13.9. The van der Waals surface area contributed by atoms with Gasteiger partial charge in [-0.15, -0.1) is 11.3 Å². The van der Waals surface area contributed by atoms with Crippen LogP contribution in [0.3, 0.4) is 0 Å². The molecule has 0 atom stereocenters. The Morgan fingerprint density at radius 2 is 1.88 bits per heavy atom. The molecule has 0 spiro atoms. The van der Waals surface area contributed by atoms with Gasteiger partial charge in [0.2, 0.25) is 0 Å². The standard InChI is InChI=1S/C19H16O4S/c20-18-9-7-12-6-8-14(11-15(12)23-18)22-19(21)17-10-13-4-2-1-3-5-16(13)24-17/h6-11H,1-5H2. The van der Waals surface area contributed by atoms with Crippen LogP contribution < -0.4 is 10.4 Å². The maximum Gasteiger partial charge on any atom is 0.353 e. The molecule has 0 radical (unpaired) electrons. The van der Waals surface area contributed by atoms with E-state index >= 15 is 0 Å². The van der Waals surface area contributed by atoms with E-state index in [0.717, 1.165) is 18.2 Å². The molecule has 1 aromatic carbocycles. The van der Waals surface area contributed by atoms with Crippen LogP contribution in [0.2, 0.25) is 0 Å². The number of hydrogen-bond acceptors (Lipinski definition) is 5. The number of carbonyl (C=O) groups is 1. The van der Waals surface area contributed by atoms with Crippen molar-refractivity contribution in [1.82, 2.24) is 0 Å². The Morgan fingerprint density at radius 3 is 2.79 bits per heavy atom. The van der Waals surface area contributed by atoms with Crippen molar-refractivity contribution in [3.05, 3.63) is 62.1 Å². The van der Waals surface area contributed by atoms with Crippen LogP contribution in [0.4, 0.5) is 0 Å². The summed E-state index contributed by atoms with van der Waals surface area (Å²) in [6, 6.07) is 10.1. The number of carbonyl (C=O) groups excluding carboxylic acids is 1. The van der Waals surface area contributed by atoms with Crippen molar-refractivity contribution < 1.29 is 13.9 Å². The summed E-state index contributed by atoms with van der Waals surface area (Å²) in [6.45, 7) is 0. The second-order valence-electron chi connectivity index (χ2n) is 5.96. The van der Waals surface area contributed by atoms with Crippen LogP contribution in [0.25, 0.3) is 11.0 Å². The molecule has 122 valence electrons. The van der Waals surface area contributed by atoms with Gasteiger partial charge in [0, 0.05) is 22.4 Å². The molecular weight excluding hydrogens is 324 g/mol. The fourth-order valence-electron chi connectivity index (χ4n) is 3.03. The molecule has 24 heavy (non-hydrogen) atoms. The summed E-state index contributed by atoms with van der Waals surface area (Å²) in [4.78, 5) is 25.7. The van der Waals surface area contributed by atoms with Crippen molar-refractivity contribution in [1.29, 1.82) is 0 Å². The normalized spacial score (nSPS) is 14.2. The maximum atomic E-state index is 12.4. The Morgan fingerprint density at radius 1 is 1.04 bits per heavy atom. The Balaban J connectivity index is 1.58. The molecule has 0 saturated heterocycles. The minimum absolute atomic E-state index is 0.356. The first-order valence-electron chi connectivity index (χ1n) is 8.07. The average molecular weight is 340 g/mol. The lowest BCUT2D eigenvalue weighted by atomic mass is 10.1. The van der Waals surface area contributed by atoms with Crippen molar-refractivity contribution in [3.63, 3.8) is 0 Å². The van der Waals surface area contributed by atoms with Crippen LogP contribution in [-0.2, 0) is 12.8 Å². The van der Waals surface area contributed by atoms with Crippen molar-refractivity contribution in [2.24, 2.45) is 0 Å². The molecule has 2 heterocycles. The van der Waals surface area contributed by atoms with Crippen molar-refractivity contribution in [2.75, 3.05) is 0 Å². The first-order chi connectivity index (χ1) is 11.7. The summed E-state index contributed by atoms with van der Waals surface area (Å²) in [5.74, 6) is 0.0242. The quantitative estimate of drug-likeness (QED) is 0.301. The van der Waals surface area contributed by atoms with E-state index in [-0.39, 0.29) is 5.97 Å². The largest absolute Gasteiger partial charge is 0.423 e. The number of esters is 1. The van der Waals surface area contributed by atoms with Crippen LogP contribution in [0.1, 0.15) is 39.4 Å². The summed E-state index contributed by atoms with van der Waals surface area (Å²) < 4.78 is 10.6. The first-order valence-corrected chi connectivity index (χ1v) is 8.88. The molecule has 0 aliphatic heterocycles. The van der Waals surface area contributed by atoms with E-state index in [1.54, 1.807) is 24.3 Å². The van der Waals surface area contributed by atoms with Crippen molar-refractivity contribution >= 4 is 28.3 Å². The number of hydrogen-bond donors (Lipinski definition) is 0. The number of ether oxygens (including phenoxy) is 1. The Kier molecular flexibility index (Phi) is 3.94. The van der Waals surface area contributed by atoms with E-state index in [9.17, 15) is 9.59 Å². The molecule has 4 nitrogen and oxygen atoms in total. The van der Waals surface area contributed by atoms with Gasteiger partial charge < -0.3 is 9.15 Å². The van der Waals surface area contributed by atoms with Gasteiger partial charge >= 0.3 is 11.6 Å². The third kappa shape index (κ3) is 2.99. The molecule has 2 aromatic heterocycles. The molecule has 1 aliphatic carbocycles. The van der Waals surface area contributed by atoms with Gasteiger partial charge in [0.15, 0.2) is 0 Å². The predicted molar refractivity (Wildman–Crippen MR) is 93.0 cm³/mol. The van der Waals surface area contributed by atoms with E-state index in [1.807, 2.05) is 6.07 Å². The Labute approximate surface area is 142 Å². The van der Waals surface area contributed by atoms with Gasteiger partial charge in [-0.05, 0) is 55.5 Å². The zero-order chi connectivity index (χ0) is 16.5. The Bertz CT molecular complexity index is 943. The van der Waals surface area contributed by atoms with Gasteiger partial charge in [0.25, 0.3) is 0 Å². The highest BCUT2D eigenvalue weighted by molar-refractivity contribution is 7.14. The van der Waals surface area contributed by atoms with Gasteiger partial charge in [0.05, 0.1) is 0 Å². The highest BCUT2D eigenvalue weighted by Gasteiger charge is 2.18. The summed E-state index contributed by atoms with van der Waals surface area (Å²) in [6.07, 6.45) is 5.71. The predicted octanol–water partition coefficient (Wildman–Crippen LogP) is 4.34. The van der Waals surface area contributed by atoms with Crippen molar-refractivity contribution in [3.8, 4) is 5.75 Å².